The second-order valence-electron chi connectivity index (χ2n) is 4.36. The lowest BCUT2D eigenvalue weighted by Crippen LogP contribution is -2.35. The lowest BCUT2D eigenvalue weighted by atomic mass is 10.1. The minimum Gasteiger partial charge on any atom is -0.481 e. The average Bonchev–Trinajstić information content (AvgIpc) is 2.34. The summed E-state index contributed by atoms with van der Waals surface area (Å²) < 4.78 is 0.923. The van der Waals surface area contributed by atoms with Crippen molar-refractivity contribution in [3.63, 3.8) is 0 Å². The van der Waals surface area contributed by atoms with Crippen molar-refractivity contribution in [2.24, 2.45) is 0 Å². The number of amides is 1. The number of carboxylic acid groups (broad SMARTS) is 1. The lowest BCUT2D eigenvalue weighted by Gasteiger charge is -2.29. The summed E-state index contributed by atoms with van der Waals surface area (Å²) in [4.78, 5) is 24.3. The second kappa shape index (κ2) is 7.28. The highest BCUT2D eigenvalue weighted by Crippen LogP contribution is 2.28. The molecule has 0 aliphatic rings. The summed E-state index contributed by atoms with van der Waals surface area (Å²) in [6, 6.07) is 7.51. The second-order valence-corrected chi connectivity index (χ2v) is 5.21. The molecule has 1 amide bonds. The molecule has 4 nitrogen and oxygen atoms in total. The van der Waals surface area contributed by atoms with E-state index in [-0.39, 0.29) is 11.9 Å². The highest BCUT2D eigenvalue weighted by Gasteiger charge is 2.23. The molecule has 0 radical (unpaired) electrons. The predicted molar refractivity (Wildman–Crippen MR) is 76.8 cm³/mol. The van der Waals surface area contributed by atoms with E-state index in [1.165, 1.54) is 0 Å². The molecule has 0 bridgehead atoms. The van der Waals surface area contributed by atoms with Gasteiger partial charge >= 0.3 is 5.97 Å². The van der Waals surface area contributed by atoms with Crippen LogP contribution in [0.4, 0.5) is 0 Å². The molecule has 5 heteroatoms. The van der Waals surface area contributed by atoms with Gasteiger partial charge in [-0.05, 0) is 25.0 Å². The Morgan fingerprint density at radius 2 is 2.00 bits per heavy atom. The monoisotopic (exact) mass is 327 g/mol. The summed E-state index contributed by atoms with van der Waals surface area (Å²) >= 11 is 3.46. The molecule has 104 valence electrons. The highest BCUT2D eigenvalue weighted by atomic mass is 79.9. The first-order valence-electron chi connectivity index (χ1n) is 6.23. The first-order chi connectivity index (χ1) is 8.97. The molecule has 19 heavy (non-hydrogen) atoms. The van der Waals surface area contributed by atoms with Crippen LogP contribution in [0.2, 0.25) is 0 Å². The van der Waals surface area contributed by atoms with E-state index >= 15 is 0 Å². The van der Waals surface area contributed by atoms with E-state index in [0.29, 0.717) is 6.54 Å². The summed E-state index contributed by atoms with van der Waals surface area (Å²) in [7, 11) is 0. The number of hydrogen-bond donors (Lipinski definition) is 1. The molecule has 0 fully saturated rings. The molecule has 1 unspecified atom stereocenters. The Hall–Kier alpha value is -1.36. The summed E-state index contributed by atoms with van der Waals surface area (Å²) in [6.45, 7) is 4.43. The quantitative estimate of drug-likeness (QED) is 0.816. The van der Waals surface area contributed by atoms with Crippen LogP contribution in [0.25, 0.3) is 0 Å². The molecule has 0 saturated carbocycles. The van der Waals surface area contributed by atoms with Gasteiger partial charge in [-0.15, -0.1) is 0 Å². The summed E-state index contributed by atoms with van der Waals surface area (Å²) in [6.07, 6.45) is 0.328. The van der Waals surface area contributed by atoms with Crippen molar-refractivity contribution in [3.8, 4) is 0 Å². The Balaban J connectivity index is 2.95. The molecule has 0 saturated heterocycles. The van der Waals surface area contributed by atoms with E-state index in [2.05, 4.69) is 15.9 Å². The molecule has 0 heterocycles. The SMILES string of the molecule is CCCN(C(=O)CC(=O)O)C(C)c1ccccc1Br. The van der Waals surface area contributed by atoms with E-state index in [4.69, 9.17) is 5.11 Å². The molecule has 1 rings (SSSR count). The highest BCUT2D eigenvalue weighted by molar-refractivity contribution is 9.10. The van der Waals surface area contributed by atoms with Gasteiger partial charge in [-0.1, -0.05) is 41.1 Å². The van der Waals surface area contributed by atoms with Gasteiger partial charge in [-0.3, -0.25) is 9.59 Å². The number of nitrogens with zero attached hydrogens (tertiary/aromatic N) is 1. The van der Waals surface area contributed by atoms with Crippen LogP contribution in [0.1, 0.15) is 38.3 Å². The number of rotatable bonds is 6. The first kappa shape index (κ1) is 15.7. The minimum absolute atomic E-state index is 0.151. The van der Waals surface area contributed by atoms with Crippen LogP contribution in [-0.2, 0) is 9.59 Å². The van der Waals surface area contributed by atoms with Gasteiger partial charge in [0.15, 0.2) is 0 Å². The number of carbonyl (C=O) groups is 2. The van der Waals surface area contributed by atoms with Gasteiger partial charge in [0, 0.05) is 11.0 Å². The summed E-state index contributed by atoms with van der Waals surface area (Å²) in [5, 5.41) is 8.75. The van der Waals surface area contributed by atoms with Crippen LogP contribution in [0.5, 0.6) is 0 Å². The molecule has 0 aromatic heterocycles. The third-order valence-corrected chi connectivity index (χ3v) is 3.63. The smallest absolute Gasteiger partial charge is 0.312 e. The topological polar surface area (TPSA) is 57.6 Å². The van der Waals surface area contributed by atoms with Crippen LogP contribution in [-0.4, -0.2) is 28.4 Å². The molecule has 0 aliphatic heterocycles. The van der Waals surface area contributed by atoms with Crippen molar-refractivity contribution in [3.05, 3.63) is 34.3 Å². The van der Waals surface area contributed by atoms with Crippen LogP contribution >= 0.6 is 15.9 Å². The lowest BCUT2D eigenvalue weighted by molar-refractivity contribution is -0.145. The fourth-order valence-electron chi connectivity index (χ4n) is 1.99. The Kier molecular flexibility index (Phi) is 6.02. The van der Waals surface area contributed by atoms with E-state index < -0.39 is 12.4 Å². The number of halogens is 1. The number of hydrogen-bond acceptors (Lipinski definition) is 2. The van der Waals surface area contributed by atoms with Crippen molar-refractivity contribution in [1.82, 2.24) is 4.90 Å². The third kappa shape index (κ3) is 4.35. The van der Waals surface area contributed by atoms with E-state index in [1.807, 2.05) is 38.1 Å². The zero-order valence-corrected chi connectivity index (χ0v) is 12.7. The molecule has 1 N–H and O–H groups in total. The molecule has 0 spiro atoms. The van der Waals surface area contributed by atoms with Crippen LogP contribution in [0.3, 0.4) is 0 Å². The summed E-state index contributed by atoms with van der Waals surface area (Å²) in [5.74, 6) is -1.44. The van der Waals surface area contributed by atoms with Crippen LogP contribution in [0, 0.1) is 0 Å². The van der Waals surface area contributed by atoms with Crippen molar-refractivity contribution >= 4 is 27.8 Å². The number of benzene rings is 1. The standard InChI is InChI=1S/C14H18BrNO3/c1-3-8-16(13(17)9-14(18)19)10(2)11-6-4-5-7-12(11)15/h4-7,10H,3,8-9H2,1-2H3,(H,18,19). The fraction of sp³-hybridized carbons (Fsp3) is 0.429. The van der Waals surface area contributed by atoms with Gasteiger partial charge in [0.05, 0.1) is 6.04 Å². The molecule has 1 atom stereocenters. The van der Waals surface area contributed by atoms with Crippen molar-refractivity contribution in [1.29, 1.82) is 0 Å². The van der Waals surface area contributed by atoms with Gasteiger partial charge in [0.25, 0.3) is 0 Å². The van der Waals surface area contributed by atoms with Crippen molar-refractivity contribution < 1.29 is 14.7 Å². The Labute approximate surface area is 121 Å². The molecular weight excluding hydrogens is 310 g/mol. The third-order valence-electron chi connectivity index (χ3n) is 2.91. The maximum Gasteiger partial charge on any atom is 0.312 e. The molecular formula is C14H18BrNO3. The Morgan fingerprint density at radius 1 is 1.37 bits per heavy atom. The van der Waals surface area contributed by atoms with Gasteiger partial charge in [0.2, 0.25) is 5.91 Å². The Morgan fingerprint density at radius 3 is 2.53 bits per heavy atom. The van der Waals surface area contributed by atoms with E-state index in [9.17, 15) is 9.59 Å². The van der Waals surface area contributed by atoms with E-state index in [0.717, 1.165) is 16.5 Å². The fourth-order valence-corrected chi connectivity index (χ4v) is 2.60. The maximum atomic E-state index is 12.0. The van der Waals surface area contributed by atoms with Gasteiger partial charge < -0.3 is 10.0 Å². The Bertz CT molecular complexity index is 462. The van der Waals surface area contributed by atoms with Gasteiger partial charge in [-0.2, -0.15) is 0 Å². The van der Waals surface area contributed by atoms with Gasteiger partial charge in [0.1, 0.15) is 6.42 Å². The largest absolute Gasteiger partial charge is 0.481 e. The van der Waals surface area contributed by atoms with Gasteiger partial charge in [-0.25, -0.2) is 0 Å². The zero-order valence-electron chi connectivity index (χ0n) is 11.1. The molecule has 1 aromatic carbocycles. The number of carbonyl (C=O) groups excluding carboxylic acids is 1. The number of aliphatic carboxylic acids is 1. The summed E-state index contributed by atoms with van der Waals surface area (Å²) in [5.41, 5.74) is 0.981. The predicted octanol–water partition coefficient (Wildman–Crippen LogP) is 3.22. The first-order valence-corrected chi connectivity index (χ1v) is 7.02. The van der Waals surface area contributed by atoms with Crippen LogP contribution in [0.15, 0.2) is 28.7 Å². The molecule has 1 aromatic rings. The van der Waals surface area contributed by atoms with E-state index in [1.54, 1.807) is 4.90 Å². The van der Waals surface area contributed by atoms with Crippen LogP contribution < -0.4 is 0 Å². The maximum absolute atomic E-state index is 12.0. The normalized spacial score (nSPS) is 11.9. The average molecular weight is 328 g/mol. The van der Waals surface area contributed by atoms with Crippen molar-refractivity contribution in [2.75, 3.05) is 6.54 Å². The molecule has 0 aliphatic carbocycles. The van der Waals surface area contributed by atoms with Crippen molar-refractivity contribution in [2.45, 2.75) is 32.7 Å². The zero-order chi connectivity index (χ0) is 14.4. The minimum atomic E-state index is -1.09. The number of carboxylic acids is 1.